The first kappa shape index (κ1) is 20.4. The van der Waals surface area contributed by atoms with E-state index in [-0.39, 0.29) is 35.1 Å². The molecule has 0 unspecified atom stereocenters. The molecule has 7 nitrogen and oxygen atoms in total. The van der Waals surface area contributed by atoms with Crippen LogP contribution in [0.5, 0.6) is 0 Å². The molecule has 1 aliphatic rings. The third kappa shape index (κ3) is 5.04. The van der Waals surface area contributed by atoms with Crippen LogP contribution in [-0.4, -0.2) is 49.8 Å². The molecule has 8 heteroatoms. The van der Waals surface area contributed by atoms with Gasteiger partial charge in [-0.3, -0.25) is 4.79 Å². The van der Waals surface area contributed by atoms with Crippen LogP contribution in [0.15, 0.2) is 29.2 Å². The number of amides is 1. The van der Waals surface area contributed by atoms with Crippen LogP contribution >= 0.6 is 0 Å². The molecule has 1 heterocycles. The summed E-state index contributed by atoms with van der Waals surface area (Å²) >= 11 is 0. The highest BCUT2D eigenvalue weighted by molar-refractivity contribution is 7.89. The van der Waals surface area contributed by atoms with Gasteiger partial charge in [-0.1, -0.05) is 6.42 Å². The van der Waals surface area contributed by atoms with Gasteiger partial charge in [0.15, 0.2) is 6.61 Å². The number of hydrogen-bond donors (Lipinski definition) is 1. The number of hydrogen-bond acceptors (Lipinski definition) is 5. The van der Waals surface area contributed by atoms with E-state index in [0.717, 1.165) is 19.3 Å². The summed E-state index contributed by atoms with van der Waals surface area (Å²) in [6, 6.07) is 5.55. The molecule has 1 aliphatic heterocycles. The summed E-state index contributed by atoms with van der Waals surface area (Å²) in [5.41, 5.74) is 0.202. The van der Waals surface area contributed by atoms with E-state index in [4.69, 9.17) is 4.74 Å². The van der Waals surface area contributed by atoms with Crippen molar-refractivity contribution in [2.24, 2.45) is 0 Å². The fourth-order valence-electron chi connectivity index (χ4n) is 2.91. The van der Waals surface area contributed by atoms with Gasteiger partial charge in [-0.05, 0) is 57.9 Å². The molecule has 0 bridgehead atoms. The molecular weight excluding hydrogens is 356 g/mol. The van der Waals surface area contributed by atoms with Crippen LogP contribution in [0.1, 0.15) is 50.4 Å². The van der Waals surface area contributed by atoms with Crippen molar-refractivity contribution >= 4 is 21.9 Å². The molecule has 1 aromatic carbocycles. The van der Waals surface area contributed by atoms with E-state index < -0.39 is 16.0 Å². The van der Waals surface area contributed by atoms with Gasteiger partial charge < -0.3 is 10.1 Å². The lowest BCUT2D eigenvalue weighted by molar-refractivity contribution is -0.124. The summed E-state index contributed by atoms with van der Waals surface area (Å²) in [5, 5.41) is 2.62. The Morgan fingerprint density at radius 3 is 2.46 bits per heavy atom. The van der Waals surface area contributed by atoms with E-state index in [1.165, 1.54) is 28.6 Å². The van der Waals surface area contributed by atoms with Crippen molar-refractivity contribution < 1.29 is 22.7 Å². The molecule has 144 valence electrons. The minimum absolute atomic E-state index is 0.0298. The number of esters is 1. The third-order valence-electron chi connectivity index (χ3n) is 4.22. The average Bonchev–Trinajstić information content (AvgIpc) is 2.59. The molecule has 1 N–H and O–H groups in total. The van der Waals surface area contributed by atoms with Crippen LogP contribution in [0.25, 0.3) is 0 Å². The first-order chi connectivity index (χ1) is 12.2. The van der Waals surface area contributed by atoms with Crippen molar-refractivity contribution in [3.63, 3.8) is 0 Å². The Labute approximate surface area is 154 Å². The van der Waals surface area contributed by atoms with Crippen molar-refractivity contribution in [3.8, 4) is 0 Å². The lowest BCUT2D eigenvalue weighted by Crippen LogP contribution is -2.41. The van der Waals surface area contributed by atoms with Gasteiger partial charge in [0.05, 0.1) is 10.5 Å². The minimum Gasteiger partial charge on any atom is -0.452 e. The standard InChI is InChI=1S/C18H26N2O5S/c1-13(2)19-17(21)12-25-18(22)15-7-9-16(10-8-15)26(23,24)20-11-5-4-6-14(20)3/h7-10,13-14H,4-6,11-12H2,1-3H3,(H,19,21)/t14-/m1/s1. The van der Waals surface area contributed by atoms with Crippen molar-refractivity contribution in [2.75, 3.05) is 13.2 Å². The Hall–Kier alpha value is -1.93. The molecule has 1 saturated heterocycles. The number of rotatable bonds is 6. The lowest BCUT2D eigenvalue weighted by atomic mass is 10.1. The quantitative estimate of drug-likeness (QED) is 0.759. The number of nitrogens with one attached hydrogen (secondary N) is 1. The van der Waals surface area contributed by atoms with Gasteiger partial charge in [0.25, 0.3) is 5.91 Å². The molecule has 0 radical (unpaired) electrons. The predicted octanol–water partition coefficient (Wildman–Crippen LogP) is 1.93. The van der Waals surface area contributed by atoms with E-state index >= 15 is 0 Å². The number of benzene rings is 1. The molecule has 1 aromatic rings. The molecule has 0 aliphatic carbocycles. The highest BCUT2D eigenvalue weighted by atomic mass is 32.2. The summed E-state index contributed by atoms with van der Waals surface area (Å²) in [4.78, 5) is 23.6. The van der Waals surface area contributed by atoms with Crippen LogP contribution in [0.4, 0.5) is 0 Å². The van der Waals surface area contributed by atoms with Crippen LogP contribution < -0.4 is 5.32 Å². The lowest BCUT2D eigenvalue weighted by Gasteiger charge is -2.32. The second-order valence-corrected chi connectivity index (χ2v) is 8.67. The largest absolute Gasteiger partial charge is 0.452 e. The number of nitrogens with zero attached hydrogens (tertiary/aromatic N) is 1. The Bertz CT molecular complexity index is 743. The molecule has 1 atom stereocenters. The highest BCUT2D eigenvalue weighted by Crippen LogP contribution is 2.25. The number of piperidine rings is 1. The van der Waals surface area contributed by atoms with E-state index in [1.54, 1.807) is 0 Å². The Morgan fingerprint density at radius 2 is 1.88 bits per heavy atom. The molecule has 2 rings (SSSR count). The normalized spacial score (nSPS) is 18.5. The van der Waals surface area contributed by atoms with Gasteiger partial charge in [-0.2, -0.15) is 4.31 Å². The van der Waals surface area contributed by atoms with Gasteiger partial charge in [0.2, 0.25) is 10.0 Å². The molecule has 1 amide bonds. The van der Waals surface area contributed by atoms with Crippen molar-refractivity contribution in [2.45, 2.75) is 57.0 Å². The first-order valence-corrected chi connectivity index (χ1v) is 10.2. The van der Waals surface area contributed by atoms with Crippen LogP contribution in [-0.2, 0) is 19.6 Å². The predicted molar refractivity (Wildman–Crippen MR) is 97.2 cm³/mol. The summed E-state index contributed by atoms with van der Waals surface area (Å²) in [5.74, 6) is -1.05. The molecule has 0 spiro atoms. The van der Waals surface area contributed by atoms with Gasteiger partial charge in [-0.25, -0.2) is 13.2 Å². The fraction of sp³-hybridized carbons (Fsp3) is 0.556. The molecule has 0 saturated carbocycles. The third-order valence-corrected chi connectivity index (χ3v) is 6.25. The maximum Gasteiger partial charge on any atom is 0.338 e. The van der Waals surface area contributed by atoms with E-state index in [9.17, 15) is 18.0 Å². The topological polar surface area (TPSA) is 92.8 Å². The van der Waals surface area contributed by atoms with Crippen LogP contribution in [0, 0.1) is 0 Å². The number of carbonyl (C=O) groups is 2. The number of carbonyl (C=O) groups excluding carboxylic acids is 2. The molecular formula is C18H26N2O5S. The van der Waals surface area contributed by atoms with Gasteiger partial charge in [-0.15, -0.1) is 0 Å². The molecule has 26 heavy (non-hydrogen) atoms. The van der Waals surface area contributed by atoms with Crippen LogP contribution in [0.3, 0.4) is 0 Å². The maximum absolute atomic E-state index is 12.8. The Morgan fingerprint density at radius 1 is 1.23 bits per heavy atom. The monoisotopic (exact) mass is 382 g/mol. The van der Waals surface area contributed by atoms with Crippen LogP contribution in [0.2, 0.25) is 0 Å². The summed E-state index contributed by atoms with van der Waals surface area (Å²) in [6.07, 6.45) is 2.73. The second kappa shape index (κ2) is 8.64. The first-order valence-electron chi connectivity index (χ1n) is 8.80. The second-order valence-electron chi connectivity index (χ2n) is 6.78. The van der Waals surface area contributed by atoms with Gasteiger partial charge in [0.1, 0.15) is 0 Å². The number of ether oxygens (including phenoxy) is 1. The summed E-state index contributed by atoms with van der Waals surface area (Å²) in [7, 11) is -3.58. The smallest absolute Gasteiger partial charge is 0.338 e. The Kier molecular flexibility index (Phi) is 6.77. The van der Waals surface area contributed by atoms with E-state index in [0.29, 0.717) is 6.54 Å². The van der Waals surface area contributed by atoms with Crippen molar-refractivity contribution in [1.29, 1.82) is 0 Å². The molecule has 1 fully saturated rings. The van der Waals surface area contributed by atoms with Gasteiger partial charge in [0, 0.05) is 18.6 Å². The summed E-state index contributed by atoms with van der Waals surface area (Å²) in [6.45, 7) is 5.66. The zero-order valence-corrected chi connectivity index (χ0v) is 16.2. The maximum atomic E-state index is 12.8. The Balaban J connectivity index is 2.03. The zero-order valence-electron chi connectivity index (χ0n) is 15.4. The highest BCUT2D eigenvalue weighted by Gasteiger charge is 2.30. The van der Waals surface area contributed by atoms with Gasteiger partial charge >= 0.3 is 5.97 Å². The zero-order chi connectivity index (χ0) is 19.3. The average molecular weight is 382 g/mol. The van der Waals surface area contributed by atoms with E-state index in [1.807, 2.05) is 20.8 Å². The van der Waals surface area contributed by atoms with E-state index in [2.05, 4.69) is 5.32 Å². The van der Waals surface area contributed by atoms with Crippen molar-refractivity contribution in [3.05, 3.63) is 29.8 Å². The summed E-state index contributed by atoms with van der Waals surface area (Å²) < 4.78 is 32.0. The number of sulfonamides is 1. The minimum atomic E-state index is -3.58. The molecule has 0 aromatic heterocycles. The van der Waals surface area contributed by atoms with Crippen molar-refractivity contribution in [1.82, 2.24) is 9.62 Å². The SMILES string of the molecule is CC(C)NC(=O)COC(=O)c1ccc(S(=O)(=O)N2CCCC[C@H]2C)cc1. The fourth-order valence-corrected chi connectivity index (χ4v) is 4.60.